The molecule has 0 atom stereocenters. The minimum Gasteiger partial charge on any atom is -0.465 e. The lowest BCUT2D eigenvalue weighted by Gasteiger charge is -2.24. The summed E-state index contributed by atoms with van der Waals surface area (Å²) in [6.07, 6.45) is -0.140. The fraction of sp³-hybridized carbons (Fsp3) is 0.833. The maximum absolute atomic E-state index is 11.5. The van der Waals surface area contributed by atoms with Gasteiger partial charge in [-0.1, -0.05) is 0 Å². The van der Waals surface area contributed by atoms with Crippen molar-refractivity contribution in [2.24, 2.45) is 0 Å². The van der Waals surface area contributed by atoms with E-state index in [0.29, 0.717) is 6.61 Å². The first-order valence-electron chi connectivity index (χ1n) is 5.96. The molecule has 0 amide bonds. The Morgan fingerprint density at radius 1 is 1.06 bits per heavy atom. The molecular weight excluding hydrogens is 222 g/mol. The van der Waals surface area contributed by atoms with Crippen LogP contribution in [0.1, 0.15) is 34.6 Å². The van der Waals surface area contributed by atoms with Gasteiger partial charge in [-0.3, -0.25) is 14.5 Å². The maximum atomic E-state index is 11.5. The smallest absolute Gasteiger partial charge is 0.320 e. The van der Waals surface area contributed by atoms with Crippen LogP contribution in [0.2, 0.25) is 0 Å². The van der Waals surface area contributed by atoms with Gasteiger partial charge >= 0.3 is 11.9 Å². The van der Waals surface area contributed by atoms with Gasteiger partial charge < -0.3 is 9.47 Å². The standard InChI is InChI=1S/C12H23NO4/c1-6-16-11(14)7-13(9(2)3)8-12(15)17-10(4)5/h9-10H,6-8H2,1-5H3. The fourth-order valence-electron chi connectivity index (χ4n) is 1.26. The number of ether oxygens (including phenoxy) is 2. The highest BCUT2D eigenvalue weighted by Gasteiger charge is 2.19. The van der Waals surface area contributed by atoms with Gasteiger partial charge in [0.1, 0.15) is 0 Å². The minimum atomic E-state index is -0.321. The zero-order valence-corrected chi connectivity index (χ0v) is 11.4. The maximum Gasteiger partial charge on any atom is 0.320 e. The van der Waals surface area contributed by atoms with E-state index in [-0.39, 0.29) is 37.2 Å². The van der Waals surface area contributed by atoms with Crippen LogP contribution >= 0.6 is 0 Å². The molecule has 0 saturated carbocycles. The molecule has 0 aromatic carbocycles. The molecule has 0 aliphatic carbocycles. The molecule has 0 aromatic heterocycles. The molecule has 100 valence electrons. The summed E-state index contributed by atoms with van der Waals surface area (Å²) < 4.78 is 9.89. The predicted octanol–water partition coefficient (Wildman–Crippen LogP) is 1.21. The van der Waals surface area contributed by atoms with Gasteiger partial charge in [-0.25, -0.2) is 0 Å². The van der Waals surface area contributed by atoms with Gasteiger partial charge in [-0.2, -0.15) is 0 Å². The van der Waals surface area contributed by atoms with Crippen LogP contribution in [-0.2, 0) is 19.1 Å². The van der Waals surface area contributed by atoms with Crippen LogP contribution in [0, 0.1) is 0 Å². The summed E-state index contributed by atoms with van der Waals surface area (Å²) in [5.74, 6) is -0.642. The number of nitrogens with zero attached hydrogens (tertiary/aromatic N) is 1. The third kappa shape index (κ3) is 7.74. The zero-order valence-electron chi connectivity index (χ0n) is 11.4. The Morgan fingerprint density at radius 3 is 2.00 bits per heavy atom. The van der Waals surface area contributed by atoms with E-state index in [1.807, 2.05) is 13.8 Å². The SMILES string of the molecule is CCOC(=O)CN(CC(=O)OC(C)C)C(C)C. The van der Waals surface area contributed by atoms with Gasteiger partial charge in [0.25, 0.3) is 0 Å². The highest BCUT2D eigenvalue weighted by molar-refractivity contribution is 5.75. The molecule has 0 aliphatic rings. The highest BCUT2D eigenvalue weighted by Crippen LogP contribution is 2.01. The summed E-state index contributed by atoms with van der Waals surface area (Å²) in [7, 11) is 0. The number of rotatable bonds is 7. The van der Waals surface area contributed by atoms with E-state index in [0.717, 1.165) is 0 Å². The lowest BCUT2D eigenvalue weighted by Crippen LogP contribution is -2.41. The summed E-state index contributed by atoms with van der Waals surface area (Å²) in [6.45, 7) is 9.74. The van der Waals surface area contributed by atoms with Crippen molar-refractivity contribution < 1.29 is 19.1 Å². The summed E-state index contributed by atoms with van der Waals surface area (Å²) in [5, 5.41) is 0. The Kier molecular flexibility index (Phi) is 7.54. The van der Waals surface area contributed by atoms with Crippen molar-refractivity contribution in [1.29, 1.82) is 0 Å². The molecule has 0 fully saturated rings. The molecule has 0 bridgehead atoms. The van der Waals surface area contributed by atoms with Crippen molar-refractivity contribution in [3.8, 4) is 0 Å². The molecular formula is C12H23NO4. The Balaban J connectivity index is 4.24. The number of carbonyl (C=O) groups excluding carboxylic acids is 2. The average Bonchev–Trinajstić information content (AvgIpc) is 2.15. The molecule has 0 unspecified atom stereocenters. The Bertz CT molecular complexity index is 251. The van der Waals surface area contributed by atoms with Crippen molar-refractivity contribution in [3.63, 3.8) is 0 Å². The molecule has 5 nitrogen and oxygen atoms in total. The van der Waals surface area contributed by atoms with E-state index in [9.17, 15) is 9.59 Å². The molecule has 0 rings (SSSR count). The van der Waals surface area contributed by atoms with Crippen LogP contribution in [0.5, 0.6) is 0 Å². The topological polar surface area (TPSA) is 55.8 Å². The van der Waals surface area contributed by atoms with Crippen LogP contribution in [0.15, 0.2) is 0 Å². The zero-order chi connectivity index (χ0) is 13.4. The monoisotopic (exact) mass is 245 g/mol. The van der Waals surface area contributed by atoms with E-state index >= 15 is 0 Å². The van der Waals surface area contributed by atoms with Crippen LogP contribution < -0.4 is 0 Å². The van der Waals surface area contributed by atoms with Crippen LogP contribution in [0.3, 0.4) is 0 Å². The Morgan fingerprint density at radius 2 is 1.59 bits per heavy atom. The number of hydrogen-bond donors (Lipinski definition) is 0. The van der Waals surface area contributed by atoms with Crippen molar-refractivity contribution in [3.05, 3.63) is 0 Å². The van der Waals surface area contributed by atoms with Gasteiger partial charge in [-0.15, -0.1) is 0 Å². The Labute approximate surface area is 103 Å². The van der Waals surface area contributed by atoms with Gasteiger partial charge in [-0.05, 0) is 34.6 Å². The van der Waals surface area contributed by atoms with Crippen LogP contribution in [0.4, 0.5) is 0 Å². The molecule has 0 spiro atoms. The number of esters is 2. The lowest BCUT2D eigenvalue weighted by molar-refractivity contribution is -0.151. The molecule has 0 heterocycles. The normalized spacial score (nSPS) is 11.1. The number of hydrogen-bond acceptors (Lipinski definition) is 5. The fourth-order valence-corrected chi connectivity index (χ4v) is 1.26. The second-order valence-corrected chi connectivity index (χ2v) is 4.34. The van der Waals surface area contributed by atoms with Gasteiger partial charge in [0.15, 0.2) is 0 Å². The van der Waals surface area contributed by atoms with E-state index in [1.165, 1.54) is 0 Å². The molecule has 0 radical (unpaired) electrons. The Hall–Kier alpha value is -1.10. The third-order valence-corrected chi connectivity index (χ3v) is 2.07. The van der Waals surface area contributed by atoms with Crippen molar-refractivity contribution in [1.82, 2.24) is 4.90 Å². The van der Waals surface area contributed by atoms with E-state index in [4.69, 9.17) is 9.47 Å². The third-order valence-electron chi connectivity index (χ3n) is 2.07. The van der Waals surface area contributed by atoms with Crippen molar-refractivity contribution in [2.45, 2.75) is 46.8 Å². The highest BCUT2D eigenvalue weighted by atomic mass is 16.5. The molecule has 0 N–H and O–H groups in total. The number of carbonyl (C=O) groups is 2. The largest absolute Gasteiger partial charge is 0.465 e. The van der Waals surface area contributed by atoms with Crippen molar-refractivity contribution in [2.75, 3.05) is 19.7 Å². The predicted molar refractivity (Wildman–Crippen MR) is 64.6 cm³/mol. The van der Waals surface area contributed by atoms with Gasteiger partial charge in [0.2, 0.25) is 0 Å². The van der Waals surface area contributed by atoms with Gasteiger partial charge in [0, 0.05) is 6.04 Å². The first kappa shape index (κ1) is 15.9. The summed E-state index contributed by atoms with van der Waals surface area (Å²) in [6, 6.07) is 0.0825. The molecule has 0 saturated heterocycles. The molecule has 0 aromatic rings. The second-order valence-electron chi connectivity index (χ2n) is 4.34. The van der Waals surface area contributed by atoms with Crippen LogP contribution in [-0.4, -0.2) is 48.7 Å². The quantitative estimate of drug-likeness (QED) is 0.631. The minimum absolute atomic E-state index is 0.0825. The molecule has 5 heteroatoms. The lowest BCUT2D eigenvalue weighted by atomic mass is 10.3. The molecule has 17 heavy (non-hydrogen) atoms. The average molecular weight is 245 g/mol. The summed E-state index contributed by atoms with van der Waals surface area (Å²) in [4.78, 5) is 24.6. The van der Waals surface area contributed by atoms with Gasteiger partial charge in [0.05, 0.1) is 25.8 Å². The van der Waals surface area contributed by atoms with Crippen molar-refractivity contribution >= 4 is 11.9 Å². The first-order chi connectivity index (χ1) is 7.86. The van der Waals surface area contributed by atoms with Crippen LogP contribution in [0.25, 0.3) is 0 Å². The van der Waals surface area contributed by atoms with E-state index < -0.39 is 0 Å². The second kappa shape index (κ2) is 8.06. The van der Waals surface area contributed by atoms with E-state index in [1.54, 1.807) is 25.7 Å². The first-order valence-corrected chi connectivity index (χ1v) is 5.96. The molecule has 0 aliphatic heterocycles. The summed E-state index contributed by atoms with van der Waals surface area (Å²) >= 11 is 0. The summed E-state index contributed by atoms with van der Waals surface area (Å²) in [5.41, 5.74) is 0. The van der Waals surface area contributed by atoms with E-state index in [2.05, 4.69) is 0 Å².